The first-order valence-electron chi connectivity index (χ1n) is 4.13. The molecule has 2 aromatic rings. The second kappa shape index (κ2) is 4.04. The molecule has 69 valence electrons. The van der Waals surface area contributed by atoms with Crippen molar-refractivity contribution >= 4 is 5.52 Å². The Morgan fingerprint density at radius 2 is 2.15 bits per heavy atom. The molecular formula is C10H11N2Re-. The van der Waals surface area contributed by atoms with Crippen molar-refractivity contribution in [3.63, 3.8) is 0 Å². The second-order valence-electron chi connectivity index (χ2n) is 3.20. The molecule has 2 rings (SSSR count). The molecule has 1 radical (unpaired) electrons. The van der Waals surface area contributed by atoms with Crippen molar-refractivity contribution in [1.82, 2.24) is 9.61 Å². The fourth-order valence-corrected chi connectivity index (χ4v) is 1.40. The Labute approximate surface area is 91.6 Å². The van der Waals surface area contributed by atoms with E-state index in [-0.39, 0.29) is 20.4 Å². The minimum Gasteiger partial charge on any atom is -0.349 e. The Kier molecular flexibility index (Phi) is 3.24. The van der Waals surface area contributed by atoms with Gasteiger partial charge in [0.25, 0.3) is 0 Å². The smallest absolute Gasteiger partial charge is 0.0354 e. The Balaban J connectivity index is 0.000000845. The number of hydrogen-bond donors (Lipinski definition) is 0. The van der Waals surface area contributed by atoms with Crippen LogP contribution in [0.15, 0.2) is 24.4 Å². The van der Waals surface area contributed by atoms with Gasteiger partial charge in [-0.2, -0.15) is 12.1 Å². The zero-order chi connectivity index (χ0) is 8.55. The zero-order valence-corrected chi connectivity index (χ0v) is 10.4. The topological polar surface area (TPSA) is 17.3 Å². The van der Waals surface area contributed by atoms with Crippen LogP contribution in [0.3, 0.4) is 0 Å². The first-order chi connectivity index (χ1) is 5.79. The second-order valence-corrected chi connectivity index (χ2v) is 3.20. The van der Waals surface area contributed by atoms with Crippen LogP contribution < -0.4 is 0 Å². The third kappa shape index (κ3) is 1.82. The van der Waals surface area contributed by atoms with E-state index < -0.39 is 0 Å². The predicted molar refractivity (Wildman–Crippen MR) is 48.1 cm³/mol. The van der Waals surface area contributed by atoms with Crippen molar-refractivity contribution in [2.45, 2.75) is 19.8 Å². The van der Waals surface area contributed by atoms with E-state index in [0.29, 0.717) is 5.92 Å². The number of fused-ring (bicyclic) bond motifs is 1. The Hall–Kier alpha value is -0.648. The average molecular weight is 345 g/mol. The first kappa shape index (κ1) is 10.4. The first-order valence-corrected chi connectivity index (χ1v) is 4.13. The van der Waals surface area contributed by atoms with Crippen LogP contribution >= 0.6 is 0 Å². The fourth-order valence-electron chi connectivity index (χ4n) is 1.40. The zero-order valence-electron chi connectivity index (χ0n) is 7.66. The van der Waals surface area contributed by atoms with Gasteiger partial charge in [0.05, 0.1) is 0 Å². The van der Waals surface area contributed by atoms with Crippen LogP contribution in [0.5, 0.6) is 0 Å². The van der Waals surface area contributed by atoms with Gasteiger partial charge in [-0.1, -0.05) is 26.1 Å². The molecule has 13 heavy (non-hydrogen) atoms. The van der Waals surface area contributed by atoms with Crippen molar-refractivity contribution in [1.29, 1.82) is 0 Å². The van der Waals surface area contributed by atoms with Crippen LogP contribution in [0.4, 0.5) is 0 Å². The van der Waals surface area contributed by atoms with E-state index in [2.05, 4.69) is 31.2 Å². The van der Waals surface area contributed by atoms with E-state index in [1.165, 1.54) is 5.56 Å². The van der Waals surface area contributed by atoms with Gasteiger partial charge in [-0.3, -0.25) is 0 Å². The van der Waals surface area contributed by atoms with Crippen LogP contribution in [0.1, 0.15) is 25.3 Å². The van der Waals surface area contributed by atoms with Gasteiger partial charge in [0.1, 0.15) is 0 Å². The molecule has 2 nitrogen and oxygen atoms in total. The molecule has 0 saturated heterocycles. The standard InChI is InChI=1S/C10H11N2.Re/c1-8(2)9-4-3-7-12-10(9)5-6-11-12;/h3-6,8H,1-2H3;/q-1;. The third-order valence-corrected chi connectivity index (χ3v) is 2.02. The third-order valence-electron chi connectivity index (χ3n) is 2.02. The van der Waals surface area contributed by atoms with Crippen molar-refractivity contribution in [2.24, 2.45) is 0 Å². The summed E-state index contributed by atoms with van der Waals surface area (Å²) in [4.78, 5) is 0. The molecule has 0 spiro atoms. The molecule has 2 aromatic heterocycles. The van der Waals surface area contributed by atoms with Gasteiger partial charge in [-0.05, 0) is 11.4 Å². The van der Waals surface area contributed by atoms with Crippen molar-refractivity contribution < 1.29 is 20.4 Å². The molecule has 0 aliphatic heterocycles. The maximum Gasteiger partial charge on any atom is 0.0354 e. The predicted octanol–water partition coefficient (Wildman–Crippen LogP) is 2.26. The van der Waals surface area contributed by atoms with E-state index >= 15 is 0 Å². The maximum atomic E-state index is 4.12. The summed E-state index contributed by atoms with van der Waals surface area (Å²) in [6.07, 6.45) is 4.83. The normalized spacial score (nSPS) is 10.4. The van der Waals surface area contributed by atoms with Crippen LogP contribution in [0.25, 0.3) is 5.52 Å². The summed E-state index contributed by atoms with van der Waals surface area (Å²) in [5.41, 5.74) is 2.48. The van der Waals surface area contributed by atoms with Gasteiger partial charge < -0.3 is 4.52 Å². The van der Waals surface area contributed by atoms with Crippen molar-refractivity contribution in [2.75, 3.05) is 0 Å². The molecule has 0 atom stereocenters. The molecule has 0 unspecified atom stereocenters. The number of aromatic nitrogens is 2. The van der Waals surface area contributed by atoms with Crippen LogP contribution in [-0.4, -0.2) is 9.61 Å². The molecule has 0 saturated carbocycles. The number of nitrogens with zero attached hydrogens (tertiary/aromatic N) is 2. The molecule has 0 aromatic carbocycles. The molecule has 0 aliphatic rings. The molecule has 0 amide bonds. The molecule has 0 fully saturated rings. The van der Waals surface area contributed by atoms with Gasteiger partial charge in [0, 0.05) is 26.6 Å². The Morgan fingerprint density at radius 3 is 2.85 bits per heavy atom. The van der Waals surface area contributed by atoms with Crippen molar-refractivity contribution in [3.8, 4) is 0 Å². The average Bonchev–Trinajstić information content (AvgIpc) is 2.49. The minimum absolute atomic E-state index is 0. The van der Waals surface area contributed by atoms with Crippen molar-refractivity contribution in [3.05, 3.63) is 36.2 Å². The summed E-state index contributed by atoms with van der Waals surface area (Å²) < 4.78 is 1.79. The minimum atomic E-state index is 0. The summed E-state index contributed by atoms with van der Waals surface area (Å²) in [6.45, 7) is 4.37. The van der Waals surface area contributed by atoms with Gasteiger partial charge in [-0.15, -0.1) is 5.56 Å². The van der Waals surface area contributed by atoms with E-state index in [0.717, 1.165) is 5.52 Å². The number of pyridine rings is 1. The Morgan fingerprint density at radius 1 is 1.38 bits per heavy atom. The monoisotopic (exact) mass is 346 g/mol. The van der Waals surface area contributed by atoms with E-state index in [1.54, 1.807) is 10.7 Å². The van der Waals surface area contributed by atoms with E-state index in [4.69, 9.17) is 0 Å². The van der Waals surface area contributed by atoms with Gasteiger partial charge in [0.15, 0.2) is 0 Å². The molecule has 0 N–H and O–H groups in total. The quantitative estimate of drug-likeness (QED) is 0.725. The van der Waals surface area contributed by atoms with Crippen LogP contribution in [0.2, 0.25) is 0 Å². The number of hydrogen-bond acceptors (Lipinski definition) is 1. The number of rotatable bonds is 1. The Bertz CT molecular complexity index is 392. The maximum absolute atomic E-state index is 4.12. The molecule has 3 heteroatoms. The summed E-state index contributed by atoms with van der Waals surface area (Å²) in [6, 6.07) is 6.03. The summed E-state index contributed by atoms with van der Waals surface area (Å²) >= 11 is 0. The summed E-state index contributed by atoms with van der Waals surface area (Å²) in [5.74, 6) is 0.541. The van der Waals surface area contributed by atoms with Gasteiger partial charge >= 0.3 is 0 Å². The van der Waals surface area contributed by atoms with E-state index in [1.807, 2.05) is 12.1 Å². The van der Waals surface area contributed by atoms with E-state index in [9.17, 15) is 0 Å². The largest absolute Gasteiger partial charge is 0.349 e. The van der Waals surface area contributed by atoms with Gasteiger partial charge in [-0.25, -0.2) is 5.10 Å². The van der Waals surface area contributed by atoms with Crippen LogP contribution in [0, 0.1) is 6.20 Å². The summed E-state index contributed by atoms with van der Waals surface area (Å²) in [7, 11) is 0. The fraction of sp³-hybridized carbons (Fsp3) is 0.300. The van der Waals surface area contributed by atoms with Gasteiger partial charge in [0.2, 0.25) is 0 Å². The SMILES string of the molecule is CC(C)c1cc[c-]n2nccc12.[Re]. The molecule has 2 heterocycles. The van der Waals surface area contributed by atoms with Crippen LogP contribution in [-0.2, 0) is 20.4 Å². The molecule has 0 bridgehead atoms. The molecule has 0 aliphatic carbocycles. The summed E-state index contributed by atoms with van der Waals surface area (Å²) in [5, 5.41) is 4.12. The molecular weight excluding hydrogens is 334 g/mol.